The second-order valence-electron chi connectivity index (χ2n) is 4.24. The van der Waals surface area contributed by atoms with Crippen LogP contribution in [-0.4, -0.2) is 27.5 Å². The summed E-state index contributed by atoms with van der Waals surface area (Å²) >= 11 is 0. The van der Waals surface area contributed by atoms with Gasteiger partial charge in [0.15, 0.2) is 0 Å². The van der Waals surface area contributed by atoms with E-state index in [1.807, 2.05) is 0 Å². The normalized spacial score (nSPS) is 12.3. The number of pyridine rings is 1. The number of hydrogen-bond donors (Lipinski definition) is 3. The Labute approximate surface area is 113 Å². The monoisotopic (exact) mass is 278 g/mol. The lowest BCUT2D eigenvalue weighted by molar-refractivity contribution is -0.141. The zero-order valence-corrected chi connectivity index (χ0v) is 10.7. The Morgan fingerprint density at radius 3 is 2.70 bits per heavy atom. The van der Waals surface area contributed by atoms with Crippen LogP contribution in [0.5, 0.6) is 5.75 Å². The maximum atomic E-state index is 11.8. The molecule has 2 rings (SSSR count). The second kappa shape index (κ2) is 5.32. The molecule has 1 aromatic heterocycles. The van der Waals surface area contributed by atoms with E-state index in [0.717, 1.165) is 6.92 Å². The molecule has 7 nitrogen and oxygen atoms in total. The first kappa shape index (κ1) is 14.0. The van der Waals surface area contributed by atoms with Crippen molar-refractivity contribution in [1.29, 1.82) is 0 Å². The Kier molecular flexibility index (Phi) is 3.73. The highest BCUT2D eigenvalue weighted by molar-refractivity contribution is 5.88. The third-order valence-corrected chi connectivity index (χ3v) is 2.83. The van der Waals surface area contributed by atoms with Gasteiger partial charge in [-0.2, -0.15) is 0 Å². The van der Waals surface area contributed by atoms with Crippen molar-refractivity contribution in [3.05, 3.63) is 40.2 Å². The molecule has 106 valence electrons. The van der Waals surface area contributed by atoms with E-state index in [2.05, 4.69) is 0 Å². The number of carbonyl (C=O) groups is 1. The van der Waals surface area contributed by atoms with Crippen LogP contribution in [0.4, 0.5) is 0 Å². The molecular weight excluding hydrogens is 264 g/mol. The van der Waals surface area contributed by atoms with Crippen LogP contribution < -0.4 is 16.1 Å². The molecule has 0 amide bonds. The smallest absolute Gasteiger partial charge is 0.330 e. The lowest BCUT2D eigenvalue weighted by Crippen LogP contribution is -2.29. The van der Waals surface area contributed by atoms with Gasteiger partial charge >= 0.3 is 5.97 Å². The highest BCUT2D eigenvalue weighted by Crippen LogP contribution is 2.29. The molecule has 1 heterocycles. The first-order chi connectivity index (χ1) is 9.45. The highest BCUT2D eigenvalue weighted by atomic mass is 16.7. The Morgan fingerprint density at radius 2 is 2.10 bits per heavy atom. The summed E-state index contributed by atoms with van der Waals surface area (Å²) in [5.74, 6) is -0.948. The summed E-state index contributed by atoms with van der Waals surface area (Å²) in [7, 11) is 0. The number of fused-ring (bicyclic) bond motifs is 1. The number of phenolic OH excluding ortho intramolecular Hbond substituents is 1. The number of aromatic hydroxyl groups is 1. The zero-order valence-electron chi connectivity index (χ0n) is 10.7. The van der Waals surface area contributed by atoms with Gasteiger partial charge in [-0.3, -0.25) is 4.79 Å². The average Bonchev–Trinajstić information content (AvgIpc) is 2.41. The molecule has 1 atom stereocenters. The summed E-state index contributed by atoms with van der Waals surface area (Å²) < 4.78 is 0.694. The summed E-state index contributed by atoms with van der Waals surface area (Å²) in [6, 6.07) is 5.41. The average molecular weight is 278 g/mol. The van der Waals surface area contributed by atoms with Crippen molar-refractivity contribution in [2.75, 3.05) is 6.54 Å². The number of aromatic nitrogens is 1. The predicted molar refractivity (Wildman–Crippen MR) is 71.1 cm³/mol. The molecule has 0 aliphatic rings. The van der Waals surface area contributed by atoms with Crippen molar-refractivity contribution in [2.45, 2.75) is 13.0 Å². The van der Waals surface area contributed by atoms with E-state index in [1.54, 1.807) is 0 Å². The quantitative estimate of drug-likeness (QED) is 0.708. The van der Waals surface area contributed by atoms with E-state index >= 15 is 0 Å². The van der Waals surface area contributed by atoms with Crippen LogP contribution in [-0.2, 0) is 4.79 Å². The van der Waals surface area contributed by atoms with E-state index in [0.29, 0.717) is 15.7 Å². The Bertz CT molecular complexity index is 723. The van der Waals surface area contributed by atoms with Gasteiger partial charge in [0.05, 0.1) is 6.10 Å². The van der Waals surface area contributed by atoms with E-state index in [-0.39, 0.29) is 17.8 Å². The molecule has 0 fully saturated rings. The molecule has 1 aromatic carbocycles. The Balaban J connectivity index is 2.83. The Morgan fingerprint density at radius 1 is 1.40 bits per heavy atom. The van der Waals surface area contributed by atoms with Crippen molar-refractivity contribution < 1.29 is 19.8 Å². The summed E-state index contributed by atoms with van der Waals surface area (Å²) in [6.07, 6.45) is -0.957. The van der Waals surface area contributed by atoms with Gasteiger partial charge in [-0.15, -0.1) is 4.73 Å². The van der Waals surface area contributed by atoms with Crippen LogP contribution in [0.25, 0.3) is 10.9 Å². The SMILES string of the molecule is CC(=O)On1c(=O)ccc2c([C@@H](O)CN)ccc(O)c21. The lowest BCUT2D eigenvalue weighted by atomic mass is 10.0. The molecule has 0 bridgehead atoms. The van der Waals surface area contributed by atoms with Crippen molar-refractivity contribution in [3.63, 3.8) is 0 Å². The summed E-state index contributed by atoms with van der Waals surface area (Å²) in [5.41, 5.74) is 5.25. The minimum atomic E-state index is -0.957. The molecule has 0 saturated carbocycles. The second-order valence-corrected chi connectivity index (χ2v) is 4.24. The van der Waals surface area contributed by atoms with Gasteiger partial charge in [-0.25, -0.2) is 4.79 Å². The van der Waals surface area contributed by atoms with Gasteiger partial charge in [0, 0.05) is 24.9 Å². The van der Waals surface area contributed by atoms with Crippen LogP contribution in [0, 0.1) is 0 Å². The lowest BCUT2D eigenvalue weighted by Gasteiger charge is -2.15. The number of benzene rings is 1. The first-order valence-corrected chi connectivity index (χ1v) is 5.90. The number of aliphatic hydroxyl groups is 1. The highest BCUT2D eigenvalue weighted by Gasteiger charge is 2.16. The molecule has 4 N–H and O–H groups in total. The molecule has 0 aliphatic heterocycles. The molecule has 20 heavy (non-hydrogen) atoms. The fourth-order valence-electron chi connectivity index (χ4n) is 1.97. The number of aliphatic hydroxyl groups excluding tert-OH is 1. The van der Waals surface area contributed by atoms with Gasteiger partial charge < -0.3 is 20.8 Å². The van der Waals surface area contributed by atoms with E-state index < -0.39 is 17.6 Å². The van der Waals surface area contributed by atoms with Crippen LogP contribution >= 0.6 is 0 Å². The number of rotatable bonds is 3. The van der Waals surface area contributed by atoms with E-state index in [9.17, 15) is 19.8 Å². The van der Waals surface area contributed by atoms with Crippen LogP contribution in [0.1, 0.15) is 18.6 Å². The van der Waals surface area contributed by atoms with Crippen molar-refractivity contribution in [1.82, 2.24) is 4.73 Å². The maximum absolute atomic E-state index is 11.8. The fourth-order valence-corrected chi connectivity index (χ4v) is 1.97. The summed E-state index contributed by atoms with van der Waals surface area (Å²) in [4.78, 5) is 27.6. The number of hydrogen-bond acceptors (Lipinski definition) is 6. The molecular formula is C13H14N2O5. The summed E-state index contributed by atoms with van der Waals surface area (Å²) in [6.45, 7) is 1.12. The molecule has 0 saturated heterocycles. The largest absolute Gasteiger partial charge is 0.506 e. The molecule has 7 heteroatoms. The van der Waals surface area contributed by atoms with Crippen LogP contribution in [0.2, 0.25) is 0 Å². The molecule has 0 radical (unpaired) electrons. The predicted octanol–water partition coefficient (Wildman–Crippen LogP) is -0.326. The van der Waals surface area contributed by atoms with Gasteiger partial charge in [0.1, 0.15) is 11.3 Å². The first-order valence-electron chi connectivity index (χ1n) is 5.90. The number of carbonyl (C=O) groups excluding carboxylic acids is 1. The van der Waals surface area contributed by atoms with Gasteiger partial charge in [-0.1, -0.05) is 6.07 Å². The van der Waals surface area contributed by atoms with Gasteiger partial charge in [0.25, 0.3) is 5.56 Å². The molecule has 2 aromatic rings. The number of nitrogens with zero attached hydrogens (tertiary/aromatic N) is 1. The number of phenols is 1. The zero-order chi connectivity index (χ0) is 14.9. The van der Waals surface area contributed by atoms with E-state index in [1.165, 1.54) is 24.3 Å². The topological polar surface area (TPSA) is 115 Å². The molecule has 0 spiro atoms. The molecule has 0 aliphatic carbocycles. The van der Waals surface area contributed by atoms with Gasteiger partial charge in [0.2, 0.25) is 0 Å². The van der Waals surface area contributed by atoms with Crippen LogP contribution in [0.15, 0.2) is 29.1 Å². The third kappa shape index (κ3) is 2.36. The third-order valence-electron chi connectivity index (χ3n) is 2.83. The molecule has 0 unspecified atom stereocenters. The standard InChI is InChI=1S/C13H14N2O5/c1-7(16)20-15-12(19)5-3-9-8(11(18)6-14)2-4-10(17)13(9)15/h2-5,11,17-18H,6,14H2,1H3/t11-/m0/s1. The summed E-state index contributed by atoms with van der Waals surface area (Å²) in [5, 5.41) is 20.1. The fraction of sp³-hybridized carbons (Fsp3) is 0.231. The van der Waals surface area contributed by atoms with Gasteiger partial charge in [-0.05, 0) is 17.7 Å². The van der Waals surface area contributed by atoms with Crippen molar-refractivity contribution in [2.24, 2.45) is 5.73 Å². The van der Waals surface area contributed by atoms with Crippen LogP contribution in [0.3, 0.4) is 0 Å². The maximum Gasteiger partial charge on any atom is 0.330 e. The van der Waals surface area contributed by atoms with Crippen molar-refractivity contribution in [3.8, 4) is 5.75 Å². The number of nitrogens with two attached hydrogens (primary N) is 1. The minimum Gasteiger partial charge on any atom is -0.506 e. The van der Waals surface area contributed by atoms with E-state index in [4.69, 9.17) is 10.6 Å². The van der Waals surface area contributed by atoms with Crippen molar-refractivity contribution >= 4 is 16.9 Å². The minimum absolute atomic E-state index is 0.0118. The Hall–Kier alpha value is -2.38.